The minimum absolute atomic E-state index is 0.0949. The number of hydrogen-bond donors (Lipinski definition) is 1. The van der Waals surface area contributed by atoms with Gasteiger partial charge in [-0.2, -0.15) is 0 Å². The standard InChI is InChI=1S/C22H31N3O2/c1-6-12-22(4,13-7-2)20(26)24-14-15-25(21(27)23-5)19(16-24)18-11-9-8-10-17(18)3/h6-11,19H,1-2,12-16H2,3-5H3,(H,23,27). The molecule has 1 aromatic rings. The number of amides is 3. The molecule has 0 bridgehead atoms. The van der Waals surface area contributed by atoms with Gasteiger partial charge < -0.3 is 15.1 Å². The van der Waals surface area contributed by atoms with Gasteiger partial charge in [0.1, 0.15) is 0 Å². The van der Waals surface area contributed by atoms with E-state index in [1.54, 1.807) is 19.2 Å². The number of urea groups is 1. The maximum Gasteiger partial charge on any atom is 0.317 e. The summed E-state index contributed by atoms with van der Waals surface area (Å²) in [6.07, 6.45) is 4.78. The van der Waals surface area contributed by atoms with Crippen LogP contribution in [-0.4, -0.2) is 48.4 Å². The van der Waals surface area contributed by atoms with Crippen molar-refractivity contribution in [3.8, 4) is 0 Å². The number of carbonyl (C=O) groups is 2. The molecule has 0 spiro atoms. The molecule has 1 aliphatic rings. The third-order valence-corrected chi connectivity index (χ3v) is 5.40. The van der Waals surface area contributed by atoms with E-state index in [1.165, 1.54) is 0 Å². The summed E-state index contributed by atoms with van der Waals surface area (Å²) in [5, 5.41) is 2.73. The van der Waals surface area contributed by atoms with Gasteiger partial charge in [-0.15, -0.1) is 13.2 Å². The summed E-state index contributed by atoms with van der Waals surface area (Å²) in [4.78, 5) is 29.5. The van der Waals surface area contributed by atoms with Gasteiger partial charge in [-0.3, -0.25) is 4.79 Å². The van der Waals surface area contributed by atoms with Crippen LogP contribution in [0.2, 0.25) is 0 Å². The van der Waals surface area contributed by atoms with E-state index in [9.17, 15) is 9.59 Å². The Morgan fingerprint density at radius 1 is 1.22 bits per heavy atom. The molecule has 5 heteroatoms. The number of nitrogens with zero attached hydrogens (tertiary/aromatic N) is 2. The first-order chi connectivity index (χ1) is 12.9. The number of allylic oxidation sites excluding steroid dienone is 2. The molecule has 1 aromatic carbocycles. The van der Waals surface area contributed by atoms with Crippen LogP contribution in [0.15, 0.2) is 49.6 Å². The molecule has 3 amide bonds. The second kappa shape index (κ2) is 8.89. The van der Waals surface area contributed by atoms with Crippen LogP contribution >= 0.6 is 0 Å². The zero-order valence-electron chi connectivity index (χ0n) is 16.7. The molecule has 1 heterocycles. The largest absolute Gasteiger partial charge is 0.341 e. The van der Waals surface area contributed by atoms with Crippen molar-refractivity contribution in [2.45, 2.75) is 32.7 Å². The molecule has 27 heavy (non-hydrogen) atoms. The number of aryl methyl sites for hydroxylation is 1. The molecule has 0 saturated carbocycles. The van der Waals surface area contributed by atoms with Crippen LogP contribution in [0, 0.1) is 12.3 Å². The molecule has 2 rings (SSSR count). The highest BCUT2D eigenvalue weighted by Crippen LogP contribution is 2.34. The van der Waals surface area contributed by atoms with Crippen LogP contribution in [0.5, 0.6) is 0 Å². The van der Waals surface area contributed by atoms with E-state index >= 15 is 0 Å². The lowest BCUT2D eigenvalue weighted by Crippen LogP contribution is -2.56. The van der Waals surface area contributed by atoms with Gasteiger partial charge in [0.15, 0.2) is 0 Å². The molecule has 0 radical (unpaired) electrons. The van der Waals surface area contributed by atoms with Crippen molar-refractivity contribution < 1.29 is 9.59 Å². The number of benzene rings is 1. The highest BCUT2D eigenvalue weighted by atomic mass is 16.2. The first-order valence-corrected chi connectivity index (χ1v) is 9.43. The van der Waals surface area contributed by atoms with Crippen LogP contribution in [0.4, 0.5) is 4.79 Å². The molecule has 1 fully saturated rings. The number of carbonyl (C=O) groups excluding carboxylic acids is 2. The van der Waals surface area contributed by atoms with Crippen molar-refractivity contribution >= 4 is 11.9 Å². The molecule has 1 atom stereocenters. The van der Waals surface area contributed by atoms with E-state index < -0.39 is 5.41 Å². The summed E-state index contributed by atoms with van der Waals surface area (Å²) in [6.45, 7) is 13.1. The van der Waals surface area contributed by atoms with Gasteiger partial charge in [0.2, 0.25) is 5.91 Å². The van der Waals surface area contributed by atoms with Crippen molar-refractivity contribution in [3.05, 3.63) is 60.7 Å². The van der Waals surface area contributed by atoms with Crippen molar-refractivity contribution in [1.29, 1.82) is 0 Å². The van der Waals surface area contributed by atoms with E-state index in [4.69, 9.17) is 0 Å². The molecular weight excluding hydrogens is 338 g/mol. The maximum atomic E-state index is 13.3. The van der Waals surface area contributed by atoms with Crippen molar-refractivity contribution in [1.82, 2.24) is 15.1 Å². The second-order valence-electron chi connectivity index (χ2n) is 7.42. The average Bonchev–Trinajstić information content (AvgIpc) is 2.67. The molecule has 5 nitrogen and oxygen atoms in total. The molecule has 0 aromatic heterocycles. The van der Waals surface area contributed by atoms with Gasteiger partial charge in [0.25, 0.3) is 0 Å². The van der Waals surface area contributed by atoms with Gasteiger partial charge in [-0.05, 0) is 30.9 Å². The number of piperazine rings is 1. The van der Waals surface area contributed by atoms with E-state index in [2.05, 4.69) is 18.5 Å². The van der Waals surface area contributed by atoms with Crippen LogP contribution in [-0.2, 0) is 4.79 Å². The Bertz CT molecular complexity index is 703. The average molecular weight is 370 g/mol. The van der Waals surface area contributed by atoms with Gasteiger partial charge >= 0.3 is 6.03 Å². The molecule has 146 valence electrons. The topological polar surface area (TPSA) is 52.7 Å². The number of hydrogen-bond acceptors (Lipinski definition) is 2. The summed E-state index contributed by atoms with van der Waals surface area (Å²) in [5.41, 5.74) is 1.65. The summed E-state index contributed by atoms with van der Waals surface area (Å²) in [7, 11) is 1.64. The lowest BCUT2D eigenvalue weighted by Gasteiger charge is -2.44. The third-order valence-electron chi connectivity index (χ3n) is 5.40. The van der Waals surface area contributed by atoms with Gasteiger partial charge in [0, 0.05) is 26.7 Å². The fourth-order valence-electron chi connectivity index (χ4n) is 3.86. The molecule has 1 N–H and O–H groups in total. The fraction of sp³-hybridized carbons (Fsp3) is 0.455. The zero-order chi connectivity index (χ0) is 20.0. The zero-order valence-corrected chi connectivity index (χ0v) is 16.7. The molecule has 1 aliphatic heterocycles. The maximum absolute atomic E-state index is 13.3. The minimum Gasteiger partial charge on any atom is -0.341 e. The van der Waals surface area contributed by atoms with E-state index in [0.29, 0.717) is 32.5 Å². The molecule has 1 unspecified atom stereocenters. The van der Waals surface area contributed by atoms with Crippen molar-refractivity contribution in [3.63, 3.8) is 0 Å². The van der Waals surface area contributed by atoms with E-state index in [-0.39, 0.29) is 18.0 Å². The van der Waals surface area contributed by atoms with Crippen LogP contribution < -0.4 is 5.32 Å². The van der Waals surface area contributed by atoms with Crippen molar-refractivity contribution in [2.75, 3.05) is 26.7 Å². The SMILES string of the molecule is C=CCC(C)(CC=C)C(=O)N1CCN(C(=O)NC)C(c2ccccc2C)C1. The van der Waals surface area contributed by atoms with E-state index in [1.807, 2.05) is 47.9 Å². The Morgan fingerprint density at radius 2 is 1.85 bits per heavy atom. The minimum atomic E-state index is -0.547. The highest BCUT2D eigenvalue weighted by Gasteiger charge is 2.39. The van der Waals surface area contributed by atoms with Gasteiger partial charge in [0.05, 0.1) is 11.5 Å². The van der Waals surface area contributed by atoms with Crippen LogP contribution in [0.1, 0.15) is 36.9 Å². The van der Waals surface area contributed by atoms with Crippen LogP contribution in [0.25, 0.3) is 0 Å². The molecule has 0 aliphatic carbocycles. The lowest BCUT2D eigenvalue weighted by atomic mass is 9.81. The Balaban J connectivity index is 2.34. The number of nitrogens with one attached hydrogen (secondary N) is 1. The predicted molar refractivity (Wildman–Crippen MR) is 109 cm³/mol. The Hall–Kier alpha value is -2.56. The fourth-order valence-corrected chi connectivity index (χ4v) is 3.86. The molecule has 1 saturated heterocycles. The van der Waals surface area contributed by atoms with E-state index in [0.717, 1.165) is 11.1 Å². The summed E-state index contributed by atoms with van der Waals surface area (Å²) < 4.78 is 0. The Kier molecular flexibility index (Phi) is 6.83. The lowest BCUT2D eigenvalue weighted by molar-refractivity contribution is -0.143. The van der Waals surface area contributed by atoms with Gasteiger partial charge in [-0.25, -0.2) is 4.79 Å². The van der Waals surface area contributed by atoms with Crippen LogP contribution in [0.3, 0.4) is 0 Å². The normalized spacial score (nSPS) is 17.4. The predicted octanol–water partition coefficient (Wildman–Crippen LogP) is 3.68. The first kappa shape index (κ1) is 20.7. The second-order valence-corrected chi connectivity index (χ2v) is 7.42. The summed E-state index contributed by atoms with van der Waals surface area (Å²) in [5.74, 6) is 0.0949. The third kappa shape index (κ3) is 4.41. The van der Waals surface area contributed by atoms with Crippen molar-refractivity contribution in [2.24, 2.45) is 5.41 Å². The Labute approximate surface area is 162 Å². The summed E-state index contributed by atoms with van der Waals surface area (Å²) >= 11 is 0. The monoisotopic (exact) mass is 369 g/mol. The number of rotatable bonds is 6. The highest BCUT2D eigenvalue weighted by molar-refractivity contribution is 5.83. The first-order valence-electron chi connectivity index (χ1n) is 9.43. The Morgan fingerprint density at radius 3 is 2.41 bits per heavy atom. The summed E-state index contributed by atoms with van der Waals surface area (Å²) in [6, 6.07) is 7.76. The smallest absolute Gasteiger partial charge is 0.317 e. The molecular formula is C22H31N3O2. The van der Waals surface area contributed by atoms with Gasteiger partial charge in [-0.1, -0.05) is 43.3 Å². The quantitative estimate of drug-likeness (QED) is 0.778.